The van der Waals surface area contributed by atoms with E-state index in [1.807, 2.05) is 0 Å². The van der Waals surface area contributed by atoms with Crippen molar-refractivity contribution in [3.05, 3.63) is 34.1 Å². The van der Waals surface area contributed by atoms with Crippen molar-refractivity contribution in [2.75, 3.05) is 19.7 Å². The second-order valence-corrected chi connectivity index (χ2v) is 4.58. The number of rotatable bonds is 4. The number of halogens is 1. The zero-order valence-electron chi connectivity index (χ0n) is 11.1. The SMILES string of the molecule is O=C1CCN(C(=O)COc2ccc(F)cc2[N+](=O)[O-])CC1. The van der Waals surface area contributed by atoms with Crippen LogP contribution in [0.15, 0.2) is 18.2 Å². The van der Waals surface area contributed by atoms with Crippen LogP contribution in [0, 0.1) is 15.9 Å². The fourth-order valence-corrected chi connectivity index (χ4v) is 1.99. The van der Waals surface area contributed by atoms with Crippen LogP contribution in [0.5, 0.6) is 5.75 Å². The van der Waals surface area contributed by atoms with Crippen LogP contribution in [0.2, 0.25) is 0 Å². The Morgan fingerprint density at radius 1 is 1.38 bits per heavy atom. The van der Waals surface area contributed by atoms with E-state index in [2.05, 4.69) is 0 Å². The van der Waals surface area contributed by atoms with Crippen molar-refractivity contribution in [3.63, 3.8) is 0 Å². The van der Waals surface area contributed by atoms with Crippen LogP contribution in [0.1, 0.15) is 12.8 Å². The number of nitro benzene ring substituents is 1. The molecule has 0 bridgehead atoms. The number of hydrogen-bond acceptors (Lipinski definition) is 5. The van der Waals surface area contributed by atoms with Crippen LogP contribution < -0.4 is 4.74 Å². The van der Waals surface area contributed by atoms with Gasteiger partial charge >= 0.3 is 5.69 Å². The Balaban J connectivity index is 1.98. The molecule has 0 unspecified atom stereocenters. The Bertz CT molecular complexity index is 580. The van der Waals surface area contributed by atoms with Crippen molar-refractivity contribution in [1.29, 1.82) is 0 Å². The number of carbonyl (C=O) groups is 2. The molecule has 8 heteroatoms. The highest BCUT2D eigenvalue weighted by molar-refractivity contribution is 5.84. The largest absolute Gasteiger partial charge is 0.477 e. The molecule has 1 saturated heterocycles. The summed E-state index contributed by atoms with van der Waals surface area (Å²) in [5, 5.41) is 10.8. The number of hydrogen-bond donors (Lipinski definition) is 0. The maximum atomic E-state index is 13.0. The number of Topliss-reactive ketones (excluding diaryl/α,β-unsaturated/α-hetero) is 1. The van der Waals surface area contributed by atoms with E-state index >= 15 is 0 Å². The van der Waals surface area contributed by atoms with E-state index in [1.165, 1.54) is 4.90 Å². The Morgan fingerprint density at radius 3 is 2.67 bits per heavy atom. The maximum Gasteiger partial charge on any atom is 0.313 e. The monoisotopic (exact) mass is 296 g/mol. The van der Waals surface area contributed by atoms with E-state index in [-0.39, 0.29) is 24.0 Å². The Hall–Kier alpha value is -2.51. The summed E-state index contributed by atoms with van der Waals surface area (Å²) in [4.78, 5) is 34.4. The van der Waals surface area contributed by atoms with Crippen LogP contribution >= 0.6 is 0 Å². The highest BCUT2D eigenvalue weighted by Gasteiger charge is 2.22. The molecule has 112 valence electrons. The number of piperidine rings is 1. The first-order valence-electron chi connectivity index (χ1n) is 6.33. The summed E-state index contributed by atoms with van der Waals surface area (Å²) in [5.41, 5.74) is -0.531. The van der Waals surface area contributed by atoms with Crippen molar-refractivity contribution in [2.24, 2.45) is 0 Å². The van der Waals surface area contributed by atoms with Gasteiger partial charge < -0.3 is 9.64 Å². The third kappa shape index (κ3) is 3.74. The summed E-state index contributed by atoms with van der Waals surface area (Å²) in [7, 11) is 0. The minimum atomic E-state index is -0.775. The van der Waals surface area contributed by atoms with E-state index in [0.29, 0.717) is 25.9 Å². The van der Waals surface area contributed by atoms with Crippen molar-refractivity contribution < 1.29 is 23.6 Å². The molecule has 1 fully saturated rings. The molecule has 0 aliphatic carbocycles. The summed E-state index contributed by atoms with van der Waals surface area (Å²) in [6.45, 7) is 0.264. The topological polar surface area (TPSA) is 89.8 Å². The smallest absolute Gasteiger partial charge is 0.313 e. The lowest BCUT2D eigenvalue weighted by molar-refractivity contribution is -0.386. The molecule has 1 aliphatic heterocycles. The number of carbonyl (C=O) groups excluding carboxylic acids is 2. The van der Waals surface area contributed by atoms with Gasteiger partial charge in [0.1, 0.15) is 11.6 Å². The Morgan fingerprint density at radius 2 is 2.05 bits per heavy atom. The molecule has 0 N–H and O–H groups in total. The molecule has 1 amide bonds. The van der Waals surface area contributed by atoms with Gasteiger partial charge in [0.15, 0.2) is 12.4 Å². The van der Waals surface area contributed by atoms with Crippen molar-refractivity contribution in [2.45, 2.75) is 12.8 Å². The average molecular weight is 296 g/mol. The number of ether oxygens (including phenoxy) is 1. The maximum absolute atomic E-state index is 13.0. The number of benzene rings is 1. The zero-order valence-corrected chi connectivity index (χ0v) is 11.1. The highest BCUT2D eigenvalue weighted by Crippen LogP contribution is 2.27. The van der Waals surface area contributed by atoms with Gasteiger partial charge in [-0.25, -0.2) is 4.39 Å². The molecule has 1 aromatic carbocycles. The van der Waals surface area contributed by atoms with Gasteiger partial charge in [0.2, 0.25) is 0 Å². The summed E-state index contributed by atoms with van der Waals surface area (Å²) in [6.07, 6.45) is 0.616. The van der Waals surface area contributed by atoms with Gasteiger partial charge in [-0.1, -0.05) is 0 Å². The third-order valence-corrected chi connectivity index (χ3v) is 3.14. The minimum Gasteiger partial charge on any atom is -0.477 e. The molecule has 0 aromatic heterocycles. The number of ketones is 1. The molecule has 1 heterocycles. The minimum absolute atomic E-state index is 0.106. The molecule has 0 radical (unpaired) electrons. The lowest BCUT2D eigenvalue weighted by Crippen LogP contribution is -2.41. The van der Waals surface area contributed by atoms with Gasteiger partial charge in [-0.05, 0) is 12.1 Å². The van der Waals surface area contributed by atoms with Crippen LogP contribution in [-0.4, -0.2) is 41.2 Å². The summed E-state index contributed by atoms with van der Waals surface area (Å²) < 4.78 is 18.1. The van der Waals surface area contributed by atoms with Crippen LogP contribution in [0.3, 0.4) is 0 Å². The predicted molar refractivity (Wildman–Crippen MR) is 69.4 cm³/mol. The summed E-state index contributed by atoms with van der Waals surface area (Å²) >= 11 is 0. The molecule has 7 nitrogen and oxygen atoms in total. The average Bonchev–Trinajstić information content (AvgIpc) is 2.46. The van der Waals surface area contributed by atoms with Crippen LogP contribution in [-0.2, 0) is 9.59 Å². The van der Waals surface area contributed by atoms with Crippen molar-refractivity contribution in [1.82, 2.24) is 4.90 Å². The molecular weight excluding hydrogens is 283 g/mol. The van der Waals surface area contributed by atoms with Gasteiger partial charge in [-0.15, -0.1) is 0 Å². The molecular formula is C13H13FN2O5. The quantitative estimate of drug-likeness (QED) is 0.617. The first-order valence-corrected chi connectivity index (χ1v) is 6.33. The van der Waals surface area contributed by atoms with Gasteiger partial charge in [0.25, 0.3) is 5.91 Å². The fraction of sp³-hybridized carbons (Fsp3) is 0.385. The lowest BCUT2D eigenvalue weighted by Gasteiger charge is -2.25. The van der Waals surface area contributed by atoms with Crippen molar-refractivity contribution in [3.8, 4) is 5.75 Å². The molecule has 1 aliphatic rings. The fourth-order valence-electron chi connectivity index (χ4n) is 1.99. The van der Waals surface area contributed by atoms with E-state index in [0.717, 1.165) is 18.2 Å². The van der Waals surface area contributed by atoms with Gasteiger partial charge in [-0.2, -0.15) is 0 Å². The number of amides is 1. The van der Waals surface area contributed by atoms with E-state index in [9.17, 15) is 24.1 Å². The molecule has 0 spiro atoms. The molecule has 0 saturated carbocycles. The summed E-state index contributed by atoms with van der Waals surface area (Å²) in [5.74, 6) is -1.17. The molecule has 0 atom stereocenters. The molecule has 21 heavy (non-hydrogen) atoms. The molecule has 1 aromatic rings. The number of nitrogens with zero attached hydrogens (tertiary/aromatic N) is 2. The van der Waals surface area contributed by atoms with Gasteiger partial charge in [0.05, 0.1) is 11.0 Å². The van der Waals surface area contributed by atoms with Gasteiger partial charge in [0, 0.05) is 25.9 Å². The first-order chi connectivity index (χ1) is 9.97. The normalized spacial score (nSPS) is 14.9. The predicted octanol–water partition coefficient (Wildman–Crippen LogP) is 1.30. The van der Waals surface area contributed by atoms with E-state index < -0.39 is 16.4 Å². The standard InChI is InChI=1S/C13H13FN2O5/c14-9-1-2-12(11(7-9)16(19)20)21-8-13(18)15-5-3-10(17)4-6-15/h1-2,7H,3-6,8H2. The Labute approximate surface area is 119 Å². The van der Waals surface area contributed by atoms with E-state index in [1.54, 1.807) is 0 Å². The zero-order chi connectivity index (χ0) is 15.4. The Kier molecular flexibility index (Phi) is 4.46. The lowest BCUT2D eigenvalue weighted by atomic mass is 10.1. The van der Waals surface area contributed by atoms with Crippen LogP contribution in [0.25, 0.3) is 0 Å². The highest BCUT2D eigenvalue weighted by atomic mass is 19.1. The number of likely N-dealkylation sites (tertiary alicyclic amines) is 1. The molecule has 2 rings (SSSR count). The van der Waals surface area contributed by atoms with Crippen LogP contribution in [0.4, 0.5) is 10.1 Å². The van der Waals surface area contributed by atoms with Crippen molar-refractivity contribution >= 4 is 17.4 Å². The number of nitro groups is 1. The second kappa shape index (κ2) is 6.29. The summed E-state index contributed by atoms with van der Waals surface area (Å²) in [6, 6.07) is 2.87. The third-order valence-electron chi connectivity index (χ3n) is 3.14. The first kappa shape index (κ1) is 14.9. The van der Waals surface area contributed by atoms with Gasteiger partial charge in [-0.3, -0.25) is 19.7 Å². The second-order valence-electron chi connectivity index (χ2n) is 4.58. The van der Waals surface area contributed by atoms with E-state index in [4.69, 9.17) is 4.74 Å².